The highest BCUT2D eigenvalue weighted by atomic mass is 32.1. The maximum absolute atomic E-state index is 12.6. The summed E-state index contributed by atoms with van der Waals surface area (Å²) in [6.45, 7) is 2.53. The Morgan fingerprint density at radius 1 is 1.16 bits per heavy atom. The van der Waals surface area contributed by atoms with Gasteiger partial charge in [0.1, 0.15) is 5.82 Å². The van der Waals surface area contributed by atoms with Crippen LogP contribution < -0.4 is 5.32 Å². The Labute approximate surface area is 149 Å². The maximum atomic E-state index is 12.6. The molecule has 0 saturated carbocycles. The summed E-state index contributed by atoms with van der Waals surface area (Å²) in [4.78, 5) is 16.9. The Morgan fingerprint density at radius 3 is 2.84 bits per heavy atom. The van der Waals surface area contributed by atoms with Gasteiger partial charge < -0.3 is 5.32 Å². The molecule has 0 bridgehead atoms. The molecule has 0 saturated heterocycles. The fourth-order valence-corrected chi connectivity index (χ4v) is 3.42. The van der Waals surface area contributed by atoms with Crippen LogP contribution in [0.25, 0.3) is 10.2 Å². The Hall–Kier alpha value is -2.99. The van der Waals surface area contributed by atoms with Crippen LogP contribution in [-0.2, 0) is 6.54 Å². The number of nitrogens with one attached hydrogen (secondary N) is 1. The molecule has 0 unspecified atom stereocenters. The number of hydrogen-bond donors (Lipinski definition) is 1. The summed E-state index contributed by atoms with van der Waals surface area (Å²) in [7, 11) is 0. The van der Waals surface area contributed by atoms with Gasteiger partial charge in [0.15, 0.2) is 0 Å². The minimum atomic E-state index is -0.149. The molecule has 1 N–H and O–H groups in total. The lowest BCUT2D eigenvalue weighted by Gasteiger charge is -2.09. The van der Waals surface area contributed by atoms with E-state index in [1.165, 1.54) is 11.3 Å². The van der Waals surface area contributed by atoms with Crippen LogP contribution in [0.2, 0.25) is 0 Å². The topological polar surface area (TPSA) is 59.8 Å². The maximum Gasteiger partial charge on any atom is 0.256 e. The minimum Gasteiger partial charge on any atom is -0.307 e. The van der Waals surface area contributed by atoms with Crippen LogP contribution >= 0.6 is 11.3 Å². The molecule has 124 valence electrons. The molecule has 0 aliphatic rings. The molecular weight excluding hydrogens is 332 g/mol. The SMILES string of the molecule is Cc1cc(NC(=O)c2ccc3ncsc3c2)n(Cc2ccccc2)n1. The second kappa shape index (κ2) is 6.49. The molecular formula is C19H16N4OS. The Balaban J connectivity index is 1.58. The number of carbonyl (C=O) groups excluding carboxylic acids is 1. The van der Waals surface area contributed by atoms with Crippen molar-refractivity contribution in [2.24, 2.45) is 0 Å². The van der Waals surface area contributed by atoms with Crippen LogP contribution in [0.15, 0.2) is 60.1 Å². The van der Waals surface area contributed by atoms with E-state index in [1.54, 1.807) is 11.6 Å². The van der Waals surface area contributed by atoms with Crippen molar-refractivity contribution in [2.45, 2.75) is 13.5 Å². The molecule has 0 fully saturated rings. The highest BCUT2D eigenvalue weighted by molar-refractivity contribution is 7.16. The van der Waals surface area contributed by atoms with E-state index < -0.39 is 0 Å². The van der Waals surface area contributed by atoms with Gasteiger partial charge in [0.2, 0.25) is 0 Å². The van der Waals surface area contributed by atoms with Crippen molar-refractivity contribution in [3.05, 3.63) is 76.9 Å². The van der Waals surface area contributed by atoms with E-state index in [0.717, 1.165) is 21.5 Å². The average molecular weight is 348 g/mol. The number of nitrogens with zero attached hydrogens (tertiary/aromatic N) is 3. The van der Waals surface area contributed by atoms with E-state index in [9.17, 15) is 4.79 Å². The standard InChI is InChI=1S/C19H16N4OS/c1-13-9-18(23(22-13)11-14-5-3-2-4-6-14)21-19(24)15-7-8-16-17(10-15)25-12-20-16/h2-10,12H,11H2,1H3,(H,21,24). The fraction of sp³-hybridized carbons (Fsp3) is 0.105. The fourth-order valence-electron chi connectivity index (χ4n) is 2.71. The van der Waals surface area contributed by atoms with E-state index in [2.05, 4.69) is 15.4 Å². The predicted octanol–water partition coefficient (Wildman–Crippen LogP) is 4.10. The number of amides is 1. The van der Waals surface area contributed by atoms with Gasteiger partial charge in [0.05, 0.1) is 28.0 Å². The quantitative estimate of drug-likeness (QED) is 0.604. The van der Waals surface area contributed by atoms with E-state index in [0.29, 0.717) is 17.9 Å². The van der Waals surface area contributed by atoms with Crippen LogP contribution in [0.3, 0.4) is 0 Å². The van der Waals surface area contributed by atoms with Crippen molar-refractivity contribution in [3.63, 3.8) is 0 Å². The molecule has 0 spiro atoms. The van der Waals surface area contributed by atoms with Gasteiger partial charge in [-0.25, -0.2) is 9.67 Å². The lowest BCUT2D eigenvalue weighted by atomic mass is 10.2. The molecule has 2 aromatic heterocycles. The third-order valence-electron chi connectivity index (χ3n) is 3.91. The number of aryl methyl sites for hydroxylation is 1. The summed E-state index contributed by atoms with van der Waals surface area (Å²) in [6, 6.07) is 17.5. The zero-order valence-electron chi connectivity index (χ0n) is 13.6. The molecule has 0 aliphatic carbocycles. The molecule has 0 radical (unpaired) electrons. The average Bonchev–Trinajstić information content (AvgIpc) is 3.21. The number of hydrogen-bond acceptors (Lipinski definition) is 4. The van der Waals surface area contributed by atoms with E-state index in [4.69, 9.17) is 0 Å². The third-order valence-corrected chi connectivity index (χ3v) is 4.70. The van der Waals surface area contributed by atoms with Crippen molar-refractivity contribution in [3.8, 4) is 0 Å². The number of anilines is 1. The number of benzene rings is 2. The number of fused-ring (bicyclic) bond motifs is 1. The monoisotopic (exact) mass is 348 g/mol. The summed E-state index contributed by atoms with van der Waals surface area (Å²) in [6.07, 6.45) is 0. The number of carbonyl (C=O) groups is 1. The zero-order chi connectivity index (χ0) is 17.2. The van der Waals surface area contributed by atoms with Gasteiger partial charge in [0, 0.05) is 11.6 Å². The Morgan fingerprint density at radius 2 is 2.00 bits per heavy atom. The number of aromatic nitrogens is 3. The van der Waals surface area contributed by atoms with Crippen LogP contribution in [0.5, 0.6) is 0 Å². The molecule has 4 aromatic rings. The van der Waals surface area contributed by atoms with E-state index in [-0.39, 0.29) is 5.91 Å². The summed E-state index contributed by atoms with van der Waals surface area (Å²) < 4.78 is 2.81. The van der Waals surface area contributed by atoms with Crippen molar-refractivity contribution < 1.29 is 4.79 Å². The highest BCUT2D eigenvalue weighted by Gasteiger charge is 2.12. The first kappa shape index (κ1) is 15.5. The lowest BCUT2D eigenvalue weighted by molar-refractivity contribution is 0.102. The lowest BCUT2D eigenvalue weighted by Crippen LogP contribution is -2.16. The van der Waals surface area contributed by atoms with Crippen LogP contribution in [0, 0.1) is 6.92 Å². The van der Waals surface area contributed by atoms with Crippen molar-refractivity contribution >= 4 is 33.3 Å². The zero-order valence-corrected chi connectivity index (χ0v) is 14.5. The van der Waals surface area contributed by atoms with Crippen molar-refractivity contribution in [1.82, 2.24) is 14.8 Å². The van der Waals surface area contributed by atoms with Gasteiger partial charge >= 0.3 is 0 Å². The van der Waals surface area contributed by atoms with E-state index in [1.807, 2.05) is 60.1 Å². The van der Waals surface area contributed by atoms with Crippen LogP contribution in [0.4, 0.5) is 5.82 Å². The van der Waals surface area contributed by atoms with Crippen LogP contribution in [0.1, 0.15) is 21.6 Å². The summed E-state index contributed by atoms with van der Waals surface area (Å²) in [5.41, 5.74) is 5.30. The molecule has 25 heavy (non-hydrogen) atoms. The molecule has 4 rings (SSSR count). The van der Waals surface area contributed by atoms with Gasteiger partial charge in [-0.2, -0.15) is 5.10 Å². The molecule has 0 aliphatic heterocycles. The molecule has 5 nitrogen and oxygen atoms in total. The second-order valence-electron chi connectivity index (χ2n) is 5.80. The predicted molar refractivity (Wildman–Crippen MR) is 100 cm³/mol. The minimum absolute atomic E-state index is 0.149. The first-order valence-corrected chi connectivity index (χ1v) is 8.80. The molecule has 2 heterocycles. The molecule has 6 heteroatoms. The van der Waals surface area contributed by atoms with E-state index >= 15 is 0 Å². The summed E-state index contributed by atoms with van der Waals surface area (Å²) in [5, 5.41) is 7.46. The highest BCUT2D eigenvalue weighted by Crippen LogP contribution is 2.20. The Bertz CT molecular complexity index is 1040. The smallest absolute Gasteiger partial charge is 0.256 e. The van der Waals surface area contributed by atoms with Crippen molar-refractivity contribution in [1.29, 1.82) is 0 Å². The van der Waals surface area contributed by atoms with Crippen LogP contribution in [-0.4, -0.2) is 20.7 Å². The molecule has 0 atom stereocenters. The number of thiazole rings is 1. The summed E-state index contributed by atoms with van der Waals surface area (Å²) in [5.74, 6) is 0.542. The number of rotatable bonds is 4. The second-order valence-corrected chi connectivity index (χ2v) is 6.69. The first-order chi connectivity index (χ1) is 12.2. The molecule has 1 amide bonds. The normalized spacial score (nSPS) is 10.9. The summed E-state index contributed by atoms with van der Waals surface area (Å²) >= 11 is 1.53. The van der Waals surface area contributed by atoms with Crippen molar-refractivity contribution in [2.75, 3.05) is 5.32 Å². The van der Waals surface area contributed by atoms with Gasteiger partial charge in [-0.1, -0.05) is 30.3 Å². The third kappa shape index (κ3) is 3.29. The van der Waals surface area contributed by atoms with Gasteiger partial charge in [-0.05, 0) is 30.7 Å². The van der Waals surface area contributed by atoms with Gasteiger partial charge in [-0.3, -0.25) is 4.79 Å². The largest absolute Gasteiger partial charge is 0.307 e. The molecule has 2 aromatic carbocycles. The van der Waals surface area contributed by atoms with Gasteiger partial charge in [0.25, 0.3) is 5.91 Å². The first-order valence-electron chi connectivity index (χ1n) is 7.92. The Kier molecular flexibility index (Phi) is 4.03. The van der Waals surface area contributed by atoms with Gasteiger partial charge in [-0.15, -0.1) is 11.3 Å².